The Hall–Kier alpha value is -1.40. The van der Waals surface area contributed by atoms with Crippen molar-refractivity contribution in [2.75, 3.05) is 26.2 Å². The van der Waals surface area contributed by atoms with Crippen molar-refractivity contribution in [3.05, 3.63) is 29.3 Å². The van der Waals surface area contributed by atoms with Crippen molar-refractivity contribution in [3.8, 4) is 0 Å². The largest absolute Gasteiger partial charge is 0.340 e. The molecule has 5 nitrogen and oxygen atoms in total. The minimum Gasteiger partial charge on any atom is -0.340 e. The van der Waals surface area contributed by atoms with Gasteiger partial charge in [0.25, 0.3) is 0 Å². The minimum absolute atomic E-state index is 0.185. The van der Waals surface area contributed by atoms with Crippen molar-refractivity contribution in [2.45, 2.75) is 43.4 Å². The third-order valence-electron chi connectivity index (χ3n) is 5.71. The number of aryl methyl sites for hydroxylation is 2. The molecule has 0 bridgehead atoms. The summed E-state index contributed by atoms with van der Waals surface area (Å²) in [5.41, 5.74) is 2.46. The van der Waals surface area contributed by atoms with Crippen LogP contribution in [0.4, 0.5) is 0 Å². The summed E-state index contributed by atoms with van der Waals surface area (Å²) in [6.45, 7) is 1.83. The molecule has 2 aliphatic carbocycles. The van der Waals surface area contributed by atoms with Gasteiger partial charge in [-0.25, -0.2) is 8.42 Å². The van der Waals surface area contributed by atoms with Gasteiger partial charge in [0.1, 0.15) is 0 Å². The zero-order chi connectivity index (χ0) is 16.7. The van der Waals surface area contributed by atoms with Crippen LogP contribution in [0.2, 0.25) is 0 Å². The molecule has 3 aliphatic rings. The van der Waals surface area contributed by atoms with Crippen LogP contribution < -0.4 is 0 Å². The number of rotatable bonds is 3. The van der Waals surface area contributed by atoms with E-state index in [2.05, 4.69) is 0 Å². The zero-order valence-corrected chi connectivity index (χ0v) is 14.7. The molecule has 1 aliphatic heterocycles. The number of carbonyl (C=O) groups is 1. The number of hydrogen-bond acceptors (Lipinski definition) is 3. The smallest absolute Gasteiger partial charge is 0.243 e. The highest BCUT2D eigenvalue weighted by Gasteiger charge is 2.34. The maximum Gasteiger partial charge on any atom is 0.243 e. The number of fused-ring (bicyclic) bond motifs is 1. The number of sulfonamides is 1. The molecule has 1 heterocycles. The molecule has 0 spiro atoms. The lowest BCUT2D eigenvalue weighted by atomic mass is 9.84. The Labute approximate surface area is 143 Å². The molecule has 1 saturated heterocycles. The van der Waals surface area contributed by atoms with Gasteiger partial charge in [-0.1, -0.05) is 12.5 Å². The van der Waals surface area contributed by atoms with Crippen molar-refractivity contribution < 1.29 is 13.2 Å². The fraction of sp³-hybridized carbons (Fsp3) is 0.611. The van der Waals surface area contributed by atoms with E-state index in [1.165, 1.54) is 15.4 Å². The molecule has 6 heteroatoms. The number of carbonyl (C=O) groups excluding carboxylic acids is 1. The van der Waals surface area contributed by atoms with E-state index in [-0.39, 0.29) is 11.8 Å². The first-order valence-electron chi connectivity index (χ1n) is 8.96. The van der Waals surface area contributed by atoms with Crippen molar-refractivity contribution in [3.63, 3.8) is 0 Å². The molecule has 0 N–H and O–H groups in total. The van der Waals surface area contributed by atoms with Gasteiger partial charge in [0, 0.05) is 32.1 Å². The van der Waals surface area contributed by atoms with Gasteiger partial charge < -0.3 is 4.90 Å². The van der Waals surface area contributed by atoms with Crippen molar-refractivity contribution in [1.82, 2.24) is 9.21 Å². The van der Waals surface area contributed by atoms with Gasteiger partial charge in [-0.2, -0.15) is 4.31 Å². The summed E-state index contributed by atoms with van der Waals surface area (Å²) in [4.78, 5) is 14.5. The molecule has 1 amide bonds. The van der Waals surface area contributed by atoms with Gasteiger partial charge in [-0.15, -0.1) is 0 Å². The van der Waals surface area contributed by atoms with E-state index in [1.807, 2.05) is 17.0 Å². The number of hydrogen-bond donors (Lipinski definition) is 0. The predicted octanol–water partition coefficient (Wildman–Crippen LogP) is 1.81. The summed E-state index contributed by atoms with van der Waals surface area (Å²) >= 11 is 0. The second-order valence-corrected chi connectivity index (χ2v) is 9.08. The van der Waals surface area contributed by atoms with Crippen LogP contribution in [0.1, 0.15) is 36.8 Å². The molecule has 0 aromatic heterocycles. The van der Waals surface area contributed by atoms with Crippen molar-refractivity contribution in [1.29, 1.82) is 0 Å². The topological polar surface area (TPSA) is 57.7 Å². The molecule has 2 fully saturated rings. The average Bonchev–Trinajstić information content (AvgIpc) is 3.01. The summed E-state index contributed by atoms with van der Waals surface area (Å²) in [5, 5.41) is 0. The first-order valence-corrected chi connectivity index (χ1v) is 10.4. The molecule has 0 atom stereocenters. The Morgan fingerprint density at radius 3 is 2.33 bits per heavy atom. The quantitative estimate of drug-likeness (QED) is 0.837. The number of amides is 1. The molecule has 1 aromatic carbocycles. The highest BCUT2D eigenvalue weighted by molar-refractivity contribution is 7.89. The van der Waals surface area contributed by atoms with Crippen molar-refractivity contribution >= 4 is 15.9 Å². The third kappa shape index (κ3) is 2.75. The van der Waals surface area contributed by atoms with E-state index < -0.39 is 10.0 Å². The van der Waals surface area contributed by atoms with Crippen LogP contribution in [0.15, 0.2) is 23.1 Å². The Morgan fingerprint density at radius 1 is 0.958 bits per heavy atom. The van der Waals surface area contributed by atoms with E-state index in [0.717, 1.165) is 38.5 Å². The average molecular weight is 348 g/mol. The first-order chi connectivity index (χ1) is 11.6. The van der Waals surface area contributed by atoms with E-state index in [9.17, 15) is 13.2 Å². The Bertz CT molecular complexity index is 748. The maximum atomic E-state index is 12.9. The lowest BCUT2D eigenvalue weighted by molar-refractivity contribution is -0.139. The standard InChI is InChI=1S/C18H24N2O3S/c21-18(15-4-2-5-15)19-9-11-20(12-10-19)24(22,23)17-8-7-14-3-1-6-16(14)13-17/h7-8,13,15H,1-6,9-12H2. The van der Waals surface area contributed by atoms with Crippen LogP contribution in [-0.2, 0) is 27.7 Å². The lowest BCUT2D eigenvalue weighted by Gasteiger charge is -2.37. The molecule has 130 valence electrons. The molecular weight excluding hydrogens is 324 g/mol. The number of piperazine rings is 1. The van der Waals surface area contributed by atoms with Gasteiger partial charge in [0.05, 0.1) is 4.90 Å². The summed E-state index contributed by atoms with van der Waals surface area (Å²) in [6, 6.07) is 5.56. The van der Waals surface area contributed by atoms with E-state index in [0.29, 0.717) is 31.1 Å². The van der Waals surface area contributed by atoms with Crippen molar-refractivity contribution in [2.24, 2.45) is 5.92 Å². The van der Waals surface area contributed by atoms with Crippen LogP contribution >= 0.6 is 0 Å². The second-order valence-electron chi connectivity index (χ2n) is 7.14. The number of nitrogens with zero attached hydrogens (tertiary/aromatic N) is 2. The van der Waals surface area contributed by atoms with E-state index in [4.69, 9.17) is 0 Å². The van der Waals surface area contributed by atoms with Crippen LogP contribution in [0, 0.1) is 5.92 Å². The first kappa shape index (κ1) is 16.1. The fourth-order valence-corrected chi connectivity index (χ4v) is 5.39. The summed E-state index contributed by atoms with van der Waals surface area (Å²) < 4.78 is 27.3. The van der Waals surface area contributed by atoms with Crippen LogP contribution in [0.3, 0.4) is 0 Å². The van der Waals surface area contributed by atoms with E-state index in [1.54, 1.807) is 6.07 Å². The van der Waals surface area contributed by atoms with Crippen LogP contribution in [0.25, 0.3) is 0 Å². The molecule has 1 aromatic rings. The predicted molar refractivity (Wildman–Crippen MR) is 91.1 cm³/mol. The highest BCUT2D eigenvalue weighted by Crippen LogP contribution is 2.30. The van der Waals surface area contributed by atoms with Crippen LogP contribution in [0.5, 0.6) is 0 Å². The summed E-state index contributed by atoms with van der Waals surface area (Å²) in [5.74, 6) is 0.403. The van der Waals surface area contributed by atoms with Crippen LogP contribution in [-0.4, -0.2) is 49.7 Å². The molecular formula is C18H24N2O3S. The molecule has 24 heavy (non-hydrogen) atoms. The number of benzene rings is 1. The molecule has 0 radical (unpaired) electrons. The third-order valence-corrected chi connectivity index (χ3v) is 7.61. The Kier molecular flexibility index (Phi) is 4.12. The second kappa shape index (κ2) is 6.15. The minimum atomic E-state index is -3.45. The normalized spacial score (nSPS) is 22.2. The van der Waals surface area contributed by atoms with Gasteiger partial charge >= 0.3 is 0 Å². The van der Waals surface area contributed by atoms with Gasteiger partial charge in [-0.3, -0.25) is 4.79 Å². The molecule has 1 saturated carbocycles. The summed E-state index contributed by atoms with van der Waals surface area (Å²) in [6.07, 6.45) is 6.27. The van der Waals surface area contributed by atoms with E-state index >= 15 is 0 Å². The SMILES string of the molecule is O=C(C1CCC1)N1CCN(S(=O)(=O)c2ccc3c(c2)CCC3)CC1. The molecule has 4 rings (SSSR count). The maximum absolute atomic E-state index is 12.9. The fourth-order valence-electron chi connectivity index (χ4n) is 3.92. The van der Waals surface area contributed by atoms with Gasteiger partial charge in [-0.05, 0) is 55.4 Å². The molecule has 0 unspecified atom stereocenters. The highest BCUT2D eigenvalue weighted by atomic mass is 32.2. The Morgan fingerprint density at radius 2 is 1.67 bits per heavy atom. The monoisotopic (exact) mass is 348 g/mol. The Balaban J connectivity index is 1.45. The lowest BCUT2D eigenvalue weighted by Crippen LogP contribution is -2.52. The zero-order valence-electron chi connectivity index (χ0n) is 13.9. The van der Waals surface area contributed by atoms with Gasteiger partial charge in [0.2, 0.25) is 15.9 Å². The summed E-state index contributed by atoms with van der Waals surface area (Å²) in [7, 11) is -3.45. The van der Waals surface area contributed by atoms with Gasteiger partial charge in [0.15, 0.2) is 0 Å².